The molecule has 0 N–H and O–H groups in total. The summed E-state index contributed by atoms with van der Waals surface area (Å²) >= 11 is 2.24. The van der Waals surface area contributed by atoms with E-state index in [-0.39, 0.29) is 22.4 Å². The van der Waals surface area contributed by atoms with Crippen LogP contribution in [0.4, 0.5) is 13.2 Å². The number of alkyl halides is 3. The summed E-state index contributed by atoms with van der Waals surface area (Å²) in [7, 11) is 0. The van der Waals surface area contributed by atoms with Gasteiger partial charge < -0.3 is 4.42 Å². The van der Waals surface area contributed by atoms with E-state index in [0.717, 1.165) is 17.8 Å². The van der Waals surface area contributed by atoms with Crippen molar-refractivity contribution in [1.29, 1.82) is 5.26 Å². The average molecular weight is 396 g/mol. The van der Waals surface area contributed by atoms with Crippen LogP contribution < -0.4 is 0 Å². The van der Waals surface area contributed by atoms with Crippen LogP contribution in [0.2, 0.25) is 0 Å². The second-order valence-electron chi connectivity index (χ2n) is 5.05. The van der Waals surface area contributed by atoms with Gasteiger partial charge >= 0.3 is 6.18 Å². The average Bonchev–Trinajstić information content (AvgIpc) is 3.29. The Kier molecular flexibility index (Phi) is 5.29. The molecular formula is C16H11F3N4OS2. The van der Waals surface area contributed by atoms with E-state index in [0.29, 0.717) is 17.2 Å². The largest absolute Gasteiger partial charge is 0.424 e. The van der Waals surface area contributed by atoms with Crippen molar-refractivity contribution in [3.05, 3.63) is 46.5 Å². The number of nitrogens with zero attached hydrogens (tertiary/aromatic N) is 4. The third-order valence-electron chi connectivity index (χ3n) is 3.32. The maximum Gasteiger partial charge on any atom is 0.417 e. The number of pyridine rings is 1. The highest BCUT2D eigenvalue weighted by atomic mass is 32.2. The minimum absolute atomic E-state index is 0.0121. The van der Waals surface area contributed by atoms with Crippen molar-refractivity contribution < 1.29 is 17.6 Å². The van der Waals surface area contributed by atoms with Crippen LogP contribution in [0.3, 0.4) is 0 Å². The summed E-state index contributed by atoms with van der Waals surface area (Å²) in [6.07, 6.45) is -4.10. The van der Waals surface area contributed by atoms with Gasteiger partial charge in [-0.15, -0.1) is 21.5 Å². The van der Waals surface area contributed by atoms with Crippen molar-refractivity contribution in [2.45, 2.75) is 30.3 Å². The van der Waals surface area contributed by atoms with E-state index >= 15 is 0 Å². The van der Waals surface area contributed by atoms with Gasteiger partial charge in [0.2, 0.25) is 11.8 Å². The van der Waals surface area contributed by atoms with Crippen molar-refractivity contribution in [3.63, 3.8) is 0 Å². The molecule has 5 nitrogen and oxygen atoms in total. The van der Waals surface area contributed by atoms with Crippen molar-refractivity contribution in [3.8, 4) is 16.6 Å². The van der Waals surface area contributed by atoms with Gasteiger partial charge in [-0.3, -0.25) is 0 Å². The minimum atomic E-state index is -4.66. The molecule has 3 aromatic rings. The fourth-order valence-electron chi connectivity index (χ4n) is 2.13. The minimum Gasteiger partial charge on any atom is -0.424 e. The zero-order valence-corrected chi connectivity index (χ0v) is 15.0. The molecular weight excluding hydrogens is 385 g/mol. The van der Waals surface area contributed by atoms with Gasteiger partial charge in [0.25, 0.3) is 0 Å². The molecule has 0 bridgehead atoms. The molecule has 134 valence electrons. The first-order valence-electron chi connectivity index (χ1n) is 7.42. The van der Waals surface area contributed by atoms with Gasteiger partial charge in [-0.1, -0.05) is 24.8 Å². The zero-order valence-electron chi connectivity index (χ0n) is 13.4. The summed E-state index contributed by atoms with van der Waals surface area (Å²) in [6, 6.07) is 5.95. The number of hydrogen-bond donors (Lipinski definition) is 0. The summed E-state index contributed by atoms with van der Waals surface area (Å²) in [5.74, 6) is 0.838. The summed E-state index contributed by atoms with van der Waals surface area (Å²) in [5, 5.41) is 18.7. The van der Waals surface area contributed by atoms with Crippen LogP contribution >= 0.6 is 23.1 Å². The first kappa shape index (κ1) is 18.4. The van der Waals surface area contributed by atoms with Crippen molar-refractivity contribution >= 4 is 23.1 Å². The summed E-state index contributed by atoms with van der Waals surface area (Å²) in [4.78, 5) is 4.85. The molecule has 0 aliphatic carbocycles. The lowest BCUT2D eigenvalue weighted by molar-refractivity contribution is -0.138. The van der Waals surface area contributed by atoms with Gasteiger partial charge in [0, 0.05) is 6.42 Å². The van der Waals surface area contributed by atoms with Crippen LogP contribution in [0.15, 0.2) is 33.0 Å². The topological polar surface area (TPSA) is 75.6 Å². The van der Waals surface area contributed by atoms with E-state index < -0.39 is 17.3 Å². The van der Waals surface area contributed by atoms with Crippen LogP contribution in [0, 0.1) is 11.3 Å². The lowest BCUT2D eigenvalue weighted by Gasteiger charge is -2.13. The number of aryl methyl sites for hydroxylation is 1. The van der Waals surface area contributed by atoms with Crippen LogP contribution in [0.25, 0.3) is 10.6 Å². The van der Waals surface area contributed by atoms with Gasteiger partial charge in [0.1, 0.15) is 11.1 Å². The molecule has 3 aromatic heterocycles. The molecule has 0 spiro atoms. The molecule has 0 aliphatic rings. The second-order valence-corrected chi connectivity index (χ2v) is 6.97. The van der Waals surface area contributed by atoms with E-state index in [1.807, 2.05) is 6.92 Å². The Balaban J connectivity index is 2.01. The monoisotopic (exact) mass is 396 g/mol. The van der Waals surface area contributed by atoms with E-state index in [2.05, 4.69) is 15.2 Å². The highest BCUT2D eigenvalue weighted by molar-refractivity contribution is 7.98. The first-order valence-corrected chi connectivity index (χ1v) is 9.29. The second kappa shape index (κ2) is 7.47. The maximum atomic E-state index is 13.4. The number of aromatic nitrogens is 3. The van der Waals surface area contributed by atoms with E-state index in [9.17, 15) is 18.4 Å². The third-order valence-corrected chi connectivity index (χ3v) is 5.17. The normalized spacial score (nSPS) is 11.5. The maximum absolute atomic E-state index is 13.4. The molecule has 0 radical (unpaired) electrons. The Morgan fingerprint density at radius 3 is 2.65 bits per heavy atom. The summed E-state index contributed by atoms with van der Waals surface area (Å²) < 4.78 is 45.6. The van der Waals surface area contributed by atoms with Gasteiger partial charge in [-0.2, -0.15) is 18.4 Å². The first-order chi connectivity index (χ1) is 12.4. The van der Waals surface area contributed by atoms with Gasteiger partial charge in [0.15, 0.2) is 0 Å². The highest BCUT2D eigenvalue weighted by Crippen LogP contribution is 2.39. The molecule has 0 fully saturated rings. The molecule has 0 aromatic carbocycles. The van der Waals surface area contributed by atoms with Crippen LogP contribution in [-0.2, 0) is 18.3 Å². The van der Waals surface area contributed by atoms with Gasteiger partial charge in [0.05, 0.1) is 27.5 Å². The third kappa shape index (κ3) is 3.89. The van der Waals surface area contributed by atoms with E-state index in [1.54, 1.807) is 23.6 Å². The Bertz CT molecular complexity index is 946. The molecule has 3 rings (SSSR count). The molecule has 26 heavy (non-hydrogen) atoms. The fraction of sp³-hybridized carbons (Fsp3) is 0.250. The molecule has 0 saturated heterocycles. The smallest absolute Gasteiger partial charge is 0.417 e. The predicted molar refractivity (Wildman–Crippen MR) is 90.5 cm³/mol. The lowest BCUT2D eigenvalue weighted by Crippen LogP contribution is -2.10. The number of halogens is 3. The molecule has 0 saturated carbocycles. The Morgan fingerprint density at radius 2 is 2.08 bits per heavy atom. The van der Waals surface area contributed by atoms with E-state index in [4.69, 9.17) is 4.42 Å². The Labute approximate surface area is 154 Å². The Morgan fingerprint density at radius 1 is 1.31 bits per heavy atom. The molecule has 0 atom stereocenters. The number of rotatable bonds is 5. The van der Waals surface area contributed by atoms with Crippen molar-refractivity contribution in [2.75, 3.05) is 0 Å². The predicted octanol–water partition coefficient (Wildman–Crippen LogP) is 4.94. The molecule has 0 unspecified atom stereocenters. The number of nitriles is 1. The van der Waals surface area contributed by atoms with Gasteiger partial charge in [-0.25, -0.2) is 4.98 Å². The Hall–Kier alpha value is -2.38. The van der Waals surface area contributed by atoms with Crippen LogP contribution in [0.5, 0.6) is 0 Å². The summed E-state index contributed by atoms with van der Waals surface area (Å²) in [5.41, 5.74) is -1.33. The van der Waals surface area contributed by atoms with Crippen molar-refractivity contribution in [2.24, 2.45) is 0 Å². The summed E-state index contributed by atoms with van der Waals surface area (Å²) in [6.45, 7) is 1.85. The molecule has 0 aliphatic heterocycles. The molecule has 3 heterocycles. The highest BCUT2D eigenvalue weighted by Gasteiger charge is 2.36. The lowest BCUT2D eigenvalue weighted by atomic mass is 10.1. The van der Waals surface area contributed by atoms with Gasteiger partial charge in [-0.05, 0) is 17.5 Å². The van der Waals surface area contributed by atoms with Crippen molar-refractivity contribution in [1.82, 2.24) is 15.2 Å². The number of thiophene rings is 1. The van der Waals surface area contributed by atoms with E-state index in [1.165, 1.54) is 11.3 Å². The molecule has 10 heteroatoms. The zero-order chi connectivity index (χ0) is 18.7. The standard InChI is InChI=1S/C16H11F3N4OS2/c1-2-13-22-23-14(24-13)8-26-15-9(7-20)10(16(17,18)19)6-11(21-15)12-4-3-5-25-12/h3-6H,2,8H2,1H3. The fourth-order valence-corrected chi connectivity index (χ4v) is 3.65. The SMILES string of the molecule is CCc1nnc(CSc2nc(-c3cccs3)cc(C(F)(F)F)c2C#N)o1. The number of hydrogen-bond acceptors (Lipinski definition) is 7. The number of thioether (sulfide) groups is 1. The molecule has 0 amide bonds. The van der Waals surface area contributed by atoms with Crippen LogP contribution in [-0.4, -0.2) is 15.2 Å². The van der Waals surface area contributed by atoms with Crippen LogP contribution in [0.1, 0.15) is 29.8 Å². The quantitative estimate of drug-likeness (QED) is 0.569.